The van der Waals surface area contributed by atoms with Gasteiger partial charge in [0.05, 0.1) is 13.5 Å². The van der Waals surface area contributed by atoms with Gasteiger partial charge in [0.2, 0.25) is 0 Å². The largest absolute Gasteiger partial charge is 0.335 e. The fourth-order valence-electron chi connectivity index (χ4n) is 2.56. The highest BCUT2D eigenvalue weighted by Crippen LogP contribution is 2.24. The molecule has 0 radical (unpaired) electrons. The average molecular weight is 413 g/mol. The lowest BCUT2D eigenvalue weighted by Gasteiger charge is -2.34. The normalized spacial score (nSPS) is 15.8. The zero-order chi connectivity index (χ0) is 16.4. The molecule has 0 saturated carbocycles. The van der Waals surface area contributed by atoms with Crippen LogP contribution in [0.15, 0.2) is 28.1 Å². The molecular weight excluding hydrogens is 396 g/mol. The smallest absolute Gasteiger partial charge is 0.264 e. The monoisotopic (exact) mass is 412 g/mol. The van der Waals surface area contributed by atoms with Gasteiger partial charge in [-0.2, -0.15) is 0 Å². The molecule has 0 N–H and O–H groups in total. The van der Waals surface area contributed by atoms with E-state index in [1.54, 1.807) is 23.5 Å². The van der Waals surface area contributed by atoms with Gasteiger partial charge < -0.3 is 4.90 Å². The number of rotatable bonds is 4. The fourth-order valence-corrected chi connectivity index (χ4v) is 4.96. The Hall–Kier alpha value is -1.02. The van der Waals surface area contributed by atoms with Gasteiger partial charge in [-0.05, 0) is 47.1 Å². The van der Waals surface area contributed by atoms with E-state index in [0.29, 0.717) is 9.75 Å². The van der Waals surface area contributed by atoms with E-state index < -0.39 is 0 Å². The molecular formula is C16H17BrN2O2S2. The highest BCUT2D eigenvalue weighted by molar-refractivity contribution is 9.11. The summed E-state index contributed by atoms with van der Waals surface area (Å²) < 4.78 is 1.15. The predicted molar refractivity (Wildman–Crippen MR) is 97.5 cm³/mol. The van der Waals surface area contributed by atoms with E-state index in [9.17, 15) is 9.59 Å². The molecule has 122 valence electrons. The molecule has 1 fully saturated rings. The maximum Gasteiger partial charge on any atom is 0.264 e. The number of Topliss-reactive ketones (excluding diaryl/α,β-unsaturated/α-hetero) is 1. The van der Waals surface area contributed by atoms with Gasteiger partial charge in [0, 0.05) is 37.6 Å². The molecule has 3 heterocycles. The summed E-state index contributed by atoms with van der Waals surface area (Å²) >= 11 is 6.53. The number of hydrogen-bond acceptors (Lipinski definition) is 5. The molecule has 2 aromatic rings. The number of carbonyl (C=O) groups excluding carboxylic acids is 2. The molecule has 0 aliphatic carbocycles. The quantitative estimate of drug-likeness (QED) is 0.718. The van der Waals surface area contributed by atoms with Crippen molar-refractivity contribution in [1.29, 1.82) is 0 Å². The van der Waals surface area contributed by atoms with E-state index >= 15 is 0 Å². The van der Waals surface area contributed by atoms with Crippen molar-refractivity contribution in [1.82, 2.24) is 9.80 Å². The Labute approximate surface area is 151 Å². The van der Waals surface area contributed by atoms with Crippen LogP contribution < -0.4 is 0 Å². The van der Waals surface area contributed by atoms with Crippen molar-refractivity contribution in [2.45, 2.75) is 13.5 Å². The van der Waals surface area contributed by atoms with Crippen LogP contribution in [0, 0.1) is 0 Å². The number of halogens is 1. The average Bonchev–Trinajstić information content (AvgIpc) is 3.17. The van der Waals surface area contributed by atoms with E-state index in [0.717, 1.165) is 36.5 Å². The molecule has 3 rings (SSSR count). The number of hydrogen-bond donors (Lipinski definition) is 0. The van der Waals surface area contributed by atoms with Crippen molar-refractivity contribution in [3.8, 4) is 0 Å². The third-order valence-corrected chi connectivity index (χ3v) is 6.61. The molecule has 0 aromatic carbocycles. The Morgan fingerprint density at radius 1 is 1.04 bits per heavy atom. The second-order valence-electron chi connectivity index (χ2n) is 5.49. The summed E-state index contributed by atoms with van der Waals surface area (Å²) in [5.41, 5.74) is 0. The fraction of sp³-hybridized carbons (Fsp3) is 0.375. The number of piperazine rings is 1. The second kappa shape index (κ2) is 7.25. The molecule has 23 heavy (non-hydrogen) atoms. The van der Waals surface area contributed by atoms with Crippen LogP contribution in [0.5, 0.6) is 0 Å². The molecule has 1 saturated heterocycles. The van der Waals surface area contributed by atoms with Crippen LogP contribution in [0.3, 0.4) is 0 Å². The maximum absolute atomic E-state index is 12.5. The molecule has 4 nitrogen and oxygen atoms in total. The lowest BCUT2D eigenvalue weighted by atomic mass is 10.2. The molecule has 1 aliphatic heterocycles. The van der Waals surface area contributed by atoms with Crippen LogP contribution in [-0.2, 0) is 6.54 Å². The van der Waals surface area contributed by atoms with Crippen molar-refractivity contribution in [2.24, 2.45) is 0 Å². The van der Waals surface area contributed by atoms with Crippen molar-refractivity contribution in [3.63, 3.8) is 0 Å². The van der Waals surface area contributed by atoms with E-state index in [1.165, 1.54) is 23.1 Å². The number of thiophene rings is 2. The van der Waals surface area contributed by atoms with E-state index in [4.69, 9.17) is 0 Å². The Kier molecular flexibility index (Phi) is 5.31. The summed E-state index contributed by atoms with van der Waals surface area (Å²) in [7, 11) is 0. The van der Waals surface area contributed by atoms with Crippen LogP contribution in [-0.4, -0.2) is 47.7 Å². The summed E-state index contributed by atoms with van der Waals surface area (Å²) in [5.74, 6) is 0.0574. The third kappa shape index (κ3) is 4.09. The molecule has 1 amide bonds. The van der Waals surface area contributed by atoms with Gasteiger partial charge in [0.1, 0.15) is 0 Å². The van der Waals surface area contributed by atoms with Crippen LogP contribution in [0.25, 0.3) is 0 Å². The first kappa shape index (κ1) is 16.8. The van der Waals surface area contributed by atoms with E-state index in [-0.39, 0.29) is 11.7 Å². The van der Waals surface area contributed by atoms with Gasteiger partial charge in [-0.25, -0.2) is 0 Å². The van der Waals surface area contributed by atoms with Gasteiger partial charge >= 0.3 is 0 Å². The van der Waals surface area contributed by atoms with Gasteiger partial charge in [-0.1, -0.05) is 0 Å². The van der Waals surface area contributed by atoms with E-state index in [2.05, 4.69) is 33.0 Å². The van der Waals surface area contributed by atoms with Crippen molar-refractivity contribution >= 4 is 50.3 Å². The summed E-state index contributed by atoms with van der Waals surface area (Å²) in [6, 6.07) is 7.72. The molecule has 0 spiro atoms. The van der Waals surface area contributed by atoms with Crippen molar-refractivity contribution in [2.75, 3.05) is 26.2 Å². The van der Waals surface area contributed by atoms with Crippen molar-refractivity contribution in [3.05, 3.63) is 42.7 Å². The number of carbonyl (C=O) groups is 2. The van der Waals surface area contributed by atoms with Crippen LogP contribution in [0.4, 0.5) is 0 Å². The lowest BCUT2D eigenvalue weighted by molar-refractivity contribution is 0.0634. The Morgan fingerprint density at radius 3 is 2.30 bits per heavy atom. The molecule has 0 bridgehead atoms. The van der Waals surface area contributed by atoms with E-state index in [1.807, 2.05) is 4.90 Å². The van der Waals surface area contributed by atoms with Gasteiger partial charge in [0.15, 0.2) is 5.78 Å². The van der Waals surface area contributed by atoms with Crippen LogP contribution in [0.2, 0.25) is 0 Å². The lowest BCUT2D eigenvalue weighted by Crippen LogP contribution is -2.48. The number of nitrogens with zero attached hydrogens (tertiary/aromatic N) is 2. The first-order chi connectivity index (χ1) is 11.0. The van der Waals surface area contributed by atoms with Crippen LogP contribution in [0.1, 0.15) is 31.1 Å². The minimum absolute atomic E-state index is 0.0148. The van der Waals surface area contributed by atoms with Gasteiger partial charge in [-0.15, -0.1) is 22.7 Å². The minimum Gasteiger partial charge on any atom is -0.335 e. The van der Waals surface area contributed by atoms with Gasteiger partial charge in [-0.3, -0.25) is 14.5 Å². The predicted octanol–water partition coefficient (Wildman–Crippen LogP) is 3.73. The number of ketones is 1. The number of amides is 1. The summed E-state index contributed by atoms with van der Waals surface area (Å²) in [6.07, 6.45) is 0. The van der Waals surface area contributed by atoms with Crippen molar-refractivity contribution < 1.29 is 9.59 Å². The Balaban J connectivity index is 1.55. The topological polar surface area (TPSA) is 40.6 Å². The standard InChI is InChI=1S/C16H17BrN2O2S2/c1-11(20)13-3-4-14(23-13)16(21)19-8-6-18(7-9-19)10-12-2-5-15(17)22-12/h2-5H,6-10H2,1H3. The highest BCUT2D eigenvalue weighted by Gasteiger charge is 2.23. The molecule has 7 heteroatoms. The second-order valence-corrected chi connectivity index (χ2v) is 9.13. The highest BCUT2D eigenvalue weighted by atomic mass is 79.9. The molecule has 1 aliphatic rings. The summed E-state index contributed by atoms with van der Waals surface area (Å²) in [6.45, 7) is 5.70. The van der Waals surface area contributed by atoms with Gasteiger partial charge in [0.25, 0.3) is 5.91 Å². The minimum atomic E-state index is 0.0148. The SMILES string of the molecule is CC(=O)c1ccc(C(=O)N2CCN(Cc3ccc(Br)s3)CC2)s1. The Morgan fingerprint density at radius 2 is 1.74 bits per heavy atom. The molecule has 0 unspecified atom stereocenters. The third-order valence-electron chi connectivity index (χ3n) is 3.83. The molecule has 2 aromatic heterocycles. The maximum atomic E-state index is 12.5. The van der Waals surface area contributed by atoms with Crippen LogP contribution >= 0.6 is 38.6 Å². The zero-order valence-corrected chi connectivity index (χ0v) is 16.0. The molecule has 0 atom stereocenters. The first-order valence-corrected chi connectivity index (χ1v) is 9.82. The zero-order valence-electron chi connectivity index (χ0n) is 12.8. The summed E-state index contributed by atoms with van der Waals surface area (Å²) in [5, 5.41) is 0. The summed E-state index contributed by atoms with van der Waals surface area (Å²) in [4.78, 5) is 30.8. The Bertz CT molecular complexity index is 717. The first-order valence-electron chi connectivity index (χ1n) is 7.39.